The summed E-state index contributed by atoms with van der Waals surface area (Å²) in [5, 5.41) is 3.43. The maximum atomic E-state index is 5.42. The van der Waals surface area contributed by atoms with Gasteiger partial charge in [-0.25, -0.2) is 4.98 Å². The molecule has 0 saturated heterocycles. The van der Waals surface area contributed by atoms with E-state index in [1.807, 2.05) is 6.92 Å². The van der Waals surface area contributed by atoms with Crippen LogP contribution in [0.3, 0.4) is 0 Å². The number of nitrogens with one attached hydrogen (secondary N) is 1. The minimum atomic E-state index is 0.430. The van der Waals surface area contributed by atoms with Crippen LogP contribution in [-0.2, 0) is 0 Å². The lowest BCUT2D eigenvalue weighted by atomic mass is 9.78. The molecular weight excluding hydrogens is 250 g/mol. The van der Waals surface area contributed by atoms with E-state index in [0.717, 1.165) is 12.5 Å². The summed E-state index contributed by atoms with van der Waals surface area (Å²) in [6.45, 7) is 8.19. The molecule has 0 radical (unpaired) electrons. The zero-order valence-electron chi connectivity index (χ0n) is 13.0. The predicted molar refractivity (Wildman–Crippen MR) is 82.0 cm³/mol. The minimum Gasteiger partial charge on any atom is -0.478 e. The molecule has 1 fully saturated rings. The average molecular weight is 277 g/mol. The van der Waals surface area contributed by atoms with Crippen LogP contribution in [-0.4, -0.2) is 23.1 Å². The topological polar surface area (TPSA) is 47.0 Å². The van der Waals surface area contributed by atoms with Gasteiger partial charge in [0, 0.05) is 18.8 Å². The Kier molecular flexibility index (Phi) is 5.21. The predicted octanol–water partition coefficient (Wildman–Crippen LogP) is 3.89. The minimum absolute atomic E-state index is 0.430. The van der Waals surface area contributed by atoms with Gasteiger partial charge in [-0.2, -0.15) is 4.98 Å². The molecule has 1 heterocycles. The zero-order valence-corrected chi connectivity index (χ0v) is 13.0. The van der Waals surface area contributed by atoms with Gasteiger partial charge >= 0.3 is 0 Å². The summed E-state index contributed by atoms with van der Waals surface area (Å²) < 4.78 is 5.42. The molecule has 0 atom stereocenters. The summed E-state index contributed by atoms with van der Waals surface area (Å²) >= 11 is 0. The van der Waals surface area contributed by atoms with Gasteiger partial charge in [-0.3, -0.25) is 0 Å². The number of anilines is 1. The van der Waals surface area contributed by atoms with Crippen LogP contribution in [0, 0.1) is 11.3 Å². The molecule has 1 aliphatic rings. The molecule has 112 valence electrons. The number of ether oxygens (including phenoxy) is 1. The van der Waals surface area contributed by atoms with Crippen LogP contribution in [0.15, 0.2) is 12.3 Å². The van der Waals surface area contributed by atoms with Crippen LogP contribution in [0.1, 0.15) is 52.9 Å². The molecule has 4 nitrogen and oxygen atoms in total. The van der Waals surface area contributed by atoms with Crippen molar-refractivity contribution in [2.75, 3.05) is 18.5 Å². The standard InChI is InChI=1S/C16H27N3O/c1-4-20-14-7-10-17-15(19-14)18-12-16(11-13(2)3)8-5-6-9-16/h7,10,13H,4-6,8-9,11-12H2,1-3H3,(H,17,18,19). The van der Waals surface area contributed by atoms with Gasteiger partial charge in [0.05, 0.1) is 6.61 Å². The Hall–Kier alpha value is -1.32. The highest BCUT2D eigenvalue weighted by atomic mass is 16.5. The summed E-state index contributed by atoms with van der Waals surface area (Å²) in [4.78, 5) is 8.68. The van der Waals surface area contributed by atoms with Gasteiger partial charge in [-0.05, 0) is 37.5 Å². The van der Waals surface area contributed by atoms with E-state index in [4.69, 9.17) is 4.74 Å². The fourth-order valence-corrected chi connectivity index (χ4v) is 3.37. The number of aromatic nitrogens is 2. The van der Waals surface area contributed by atoms with Crippen molar-refractivity contribution in [2.45, 2.75) is 52.9 Å². The Morgan fingerprint density at radius 3 is 2.75 bits per heavy atom. The number of rotatable bonds is 7. The molecule has 0 amide bonds. The largest absolute Gasteiger partial charge is 0.478 e. The van der Waals surface area contributed by atoms with E-state index < -0.39 is 0 Å². The van der Waals surface area contributed by atoms with Gasteiger partial charge in [0.25, 0.3) is 0 Å². The third kappa shape index (κ3) is 4.09. The summed E-state index contributed by atoms with van der Waals surface area (Å²) in [6, 6.07) is 1.80. The van der Waals surface area contributed by atoms with Crippen molar-refractivity contribution in [3.8, 4) is 5.88 Å². The first-order chi connectivity index (χ1) is 9.63. The molecule has 1 aromatic heterocycles. The average Bonchev–Trinajstić information content (AvgIpc) is 2.85. The molecule has 1 saturated carbocycles. The summed E-state index contributed by atoms with van der Waals surface area (Å²) in [6.07, 6.45) is 8.39. The fourth-order valence-electron chi connectivity index (χ4n) is 3.37. The van der Waals surface area contributed by atoms with Crippen molar-refractivity contribution in [1.29, 1.82) is 0 Å². The van der Waals surface area contributed by atoms with E-state index in [-0.39, 0.29) is 0 Å². The molecule has 20 heavy (non-hydrogen) atoms. The summed E-state index contributed by atoms with van der Waals surface area (Å²) in [7, 11) is 0. The van der Waals surface area contributed by atoms with E-state index in [1.165, 1.54) is 32.1 Å². The van der Waals surface area contributed by atoms with E-state index in [2.05, 4.69) is 29.1 Å². The summed E-state index contributed by atoms with van der Waals surface area (Å²) in [5.41, 5.74) is 0.430. The van der Waals surface area contributed by atoms with Crippen molar-refractivity contribution in [3.63, 3.8) is 0 Å². The lowest BCUT2D eigenvalue weighted by Gasteiger charge is -2.31. The first-order valence-corrected chi connectivity index (χ1v) is 7.83. The molecule has 0 unspecified atom stereocenters. The van der Waals surface area contributed by atoms with Gasteiger partial charge < -0.3 is 10.1 Å². The van der Waals surface area contributed by atoms with Crippen LogP contribution in [0.2, 0.25) is 0 Å². The van der Waals surface area contributed by atoms with E-state index in [9.17, 15) is 0 Å². The number of nitrogens with zero attached hydrogens (tertiary/aromatic N) is 2. The first kappa shape index (κ1) is 15.1. The second kappa shape index (κ2) is 6.91. The van der Waals surface area contributed by atoms with Gasteiger partial charge in [0.15, 0.2) is 0 Å². The molecule has 1 N–H and O–H groups in total. The van der Waals surface area contributed by atoms with E-state index in [0.29, 0.717) is 23.9 Å². The first-order valence-electron chi connectivity index (χ1n) is 7.83. The molecule has 4 heteroatoms. The van der Waals surface area contributed by atoms with Crippen LogP contribution in [0.4, 0.5) is 5.95 Å². The van der Waals surface area contributed by atoms with Crippen molar-refractivity contribution < 1.29 is 4.74 Å². The summed E-state index contributed by atoms with van der Waals surface area (Å²) in [5.74, 6) is 2.07. The maximum Gasteiger partial charge on any atom is 0.225 e. The third-order valence-corrected chi connectivity index (χ3v) is 4.05. The SMILES string of the molecule is CCOc1ccnc(NCC2(CC(C)C)CCCC2)n1. The molecular formula is C16H27N3O. The van der Waals surface area contributed by atoms with Gasteiger partial charge in [0.2, 0.25) is 11.8 Å². The van der Waals surface area contributed by atoms with Gasteiger partial charge in [0.1, 0.15) is 0 Å². The highest BCUT2D eigenvalue weighted by Gasteiger charge is 2.34. The van der Waals surface area contributed by atoms with Crippen LogP contribution in [0.25, 0.3) is 0 Å². The maximum absolute atomic E-state index is 5.42. The van der Waals surface area contributed by atoms with Gasteiger partial charge in [-0.15, -0.1) is 0 Å². The molecule has 1 aliphatic carbocycles. The van der Waals surface area contributed by atoms with Crippen LogP contribution >= 0.6 is 0 Å². The Bertz CT molecular complexity index is 414. The molecule has 0 bridgehead atoms. The smallest absolute Gasteiger partial charge is 0.225 e. The van der Waals surface area contributed by atoms with Crippen molar-refractivity contribution in [1.82, 2.24) is 9.97 Å². The lowest BCUT2D eigenvalue weighted by molar-refractivity contribution is 0.252. The molecule has 0 aliphatic heterocycles. The Morgan fingerprint density at radius 2 is 2.10 bits per heavy atom. The number of hydrogen-bond acceptors (Lipinski definition) is 4. The van der Waals surface area contributed by atoms with Crippen LogP contribution in [0.5, 0.6) is 5.88 Å². The molecule has 0 aromatic carbocycles. The quantitative estimate of drug-likeness (QED) is 0.821. The number of hydrogen-bond donors (Lipinski definition) is 1. The van der Waals surface area contributed by atoms with Crippen LogP contribution < -0.4 is 10.1 Å². The monoisotopic (exact) mass is 277 g/mol. The van der Waals surface area contributed by atoms with E-state index >= 15 is 0 Å². The van der Waals surface area contributed by atoms with Crippen molar-refractivity contribution >= 4 is 5.95 Å². The van der Waals surface area contributed by atoms with Crippen molar-refractivity contribution in [3.05, 3.63) is 12.3 Å². The lowest BCUT2D eigenvalue weighted by Crippen LogP contribution is -2.29. The molecule has 2 rings (SSSR count). The van der Waals surface area contributed by atoms with Crippen molar-refractivity contribution in [2.24, 2.45) is 11.3 Å². The fraction of sp³-hybridized carbons (Fsp3) is 0.750. The highest BCUT2D eigenvalue weighted by molar-refractivity contribution is 5.28. The Labute approximate surface area is 122 Å². The Balaban J connectivity index is 1.97. The highest BCUT2D eigenvalue weighted by Crippen LogP contribution is 2.43. The molecule has 1 aromatic rings. The normalized spacial score (nSPS) is 17.4. The second-order valence-electron chi connectivity index (χ2n) is 6.31. The van der Waals surface area contributed by atoms with E-state index in [1.54, 1.807) is 12.3 Å². The van der Waals surface area contributed by atoms with Gasteiger partial charge in [-0.1, -0.05) is 26.7 Å². The molecule has 0 spiro atoms. The Morgan fingerprint density at radius 1 is 1.35 bits per heavy atom. The second-order valence-corrected chi connectivity index (χ2v) is 6.31. The third-order valence-electron chi connectivity index (χ3n) is 4.05. The zero-order chi connectivity index (χ0) is 14.4.